The Morgan fingerprint density at radius 3 is 2.48 bits per heavy atom. The van der Waals surface area contributed by atoms with Crippen molar-refractivity contribution < 1.29 is 8.42 Å². The maximum atomic E-state index is 11.5. The van der Waals surface area contributed by atoms with Crippen molar-refractivity contribution in [1.82, 2.24) is 14.3 Å². The summed E-state index contributed by atoms with van der Waals surface area (Å²) in [5, 5.41) is 3.39. The van der Waals surface area contributed by atoms with Crippen molar-refractivity contribution in [3.8, 4) is 11.4 Å². The van der Waals surface area contributed by atoms with Gasteiger partial charge in [0.25, 0.3) is 0 Å². The van der Waals surface area contributed by atoms with E-state index in [4.69, 9.17) is 0 Å². The fourth-order valence-electron chi connectivity index (χ4n) is 2.71. The molecule has 7 heteroatoms. The topological polar surface area (TPSA) is 75.2 Å². The third-order valence-electron chi connectivity index (χ3n) is 3.96. The van der Waals surface area contributed by atoms with Gasteiger partial charge >= 0.3 is 0 Å². The maximum absolute atomic E-state index is 11.5. The van der Waals surface area contributed by atoms with Gasteiger partial charge in [-0.15, -0.1) is 0 Å². The van der Waals surface area contributed by atoms with Crippen molar-refractivity contribution >= 4 is 15.8 Å². The van der Waals surface area contributed by atoms with Crippen molar-refractivity contribution in [3.63, 3.8) is 0 Å². The Hall–Kier alpha value is -1.99. The maximum Gasteiger partial charge on any atom is 0.211 e. The minimum Gasteiger partial charge on any atom is -0.367 e. The molecule has 6 nitrogen and oxygen atoms in total. The van der Waals surface area contributed by atoms with Gasteiger partial charge < -0.3 is 5.32 Å². The molecule has 0 saturated carbocycles. The lowest BCUT2D eigenvalue weighted by Gasteiger charge is -2.30. The standard InChI is InChI=1S/C16H20N4O2S/c1-23(21,22)20-11-8-14(9-12-20)18-15-7-10-17-16(19-15)13-5-3-2-4-6-13/h2-7,10,14H,8-9,11-12H2,1H3,(H,17,18,19). The van der Waals surface area contributed by atoms with Crippen LogP contribution in [0, 0.1) is 0 Å². The second-order valence-electron chi connectivity index (χ2n) is 5.71. The van der Waals surface area contributed by atoms with E-state index in [1.807, 2.05) is 36.4 Å². The predicted molar refractivity (Wildman–Crippen MR) is 90.5 cm³/mol. The molecule has 23 heavy (non-hydrogen) atoms. The van der Waals surface area contributed by atoms with Crippen LogP contribution < -0.4 is 5.32 Å². The van der Waals surface area contributed by atoms with Crippen molar-refractivity contribution in [1.29, 1.82) is 0 Å². The van der Waals surface area contributed by atoms with E-state index in [9.17, 15) is 8.42 Å². The smallest absolute Gasteiger partial charge is 0.211 e. The summed E-state index contributed by atoms with van der Waals surface area (Å²) in [7, 11) is -3.08. The third kappa shape index (κ3) is 4.05. The molecule has 2 heterocycles. The van der Waals surface area contributed by atoms with Crippen LogP contribution >= 0.6 is 0 Å². The number of nitrogens with zero attached hydrogens (tertiary/aromatic N) is 3. The summed E-state index contributed by atoms with van der Waals surface area (Å²) in [5.41, 5.74) is 0.975. The summed E-state index contributed by atoms with van der Waals surface area (Å²) in [6.07, 6.45) is 4.55. The third-order valence-corrected chi connectivity index (χ3v) is 5.27. The number of hydrogen-bond donors (Lipinski definition) is 1. The molecule has 122 valence electrons. The van der Waals surface area contributed by atoms with Crippen LogP contribution in [0.4, 0.5) is 5.82 Å². The van der Waals surface area contributed by atoms with Gasteiger partial charge in [0, 0.05) is 30.9 Å². The first kappa shape index (κ1) is 15.9. The summed E-state index contributed by atoms with van der Waals surface area (Å²) in [6, 6.07) is 11.9. The highest BCUT2D eigenvalue weighted by Gasteiger charge is 2.24. The lowest BCUT2D eigenvalue weighted by molar-refractivity contribution is 0.331. The molecular formula is C16H20N4O2S. The minimum absolute atomic E-state index is 0.228. The monoisotopic (exact) mass is 332 g/mol. The fraction of sp³-hybridized carbons (Fsp3) is 0.375. The Kier molecular flexibility index (Phi) is 4.58. The van der Waals surface area contributed by atoms with Gasteiger partial charge in [0.2, 0.25) is 10.0 Å². The molecule has 1 aromatic heterocycles. The van der Waals surface area contributed by atoms with Crippen LogP contribution in [0.15, 0.2) is 42.6 Å². The number of piperidine rings is 1. The summed E-state index contributed by atoms with van der Waals surface area (Å²) in [6.45, 7) is 1.10. The molecule has 0 spiro atoms. The number of hydrogen-bond acceptors (Lipinski definition) is 5. The second kappa shape index (κ2) is 6.64. The summed E-state index contributed by atoms with van der Waals surface area (Å²) < 4.78 is 24.6. The average Bonchev–Trinajstić information content (AvgIpc) is 2.56. The molecule has 2 aromatic rings. The number of benzene rings is 1. The Bertz CT molecular complexity index is 757. The Morgan fingerprint density at radius 2 is 1.83 bits per heavy atom. The zero-order valence-electron chi connectivity index (χ0n) is 13.0. The Morgan fingerprint density at radius 1 is 1.13 bits per heavy atom. The normalized spacial score (nSPS) is 17.1. The molecule has 0 atom stereocenters. The van der Waals surface area contributed by atoms with Crippen molar-refractivity contribution in [3.05, 3.63) is 42.6 Å². The van der Waals surface area contributed by atoms with Crippen LogP contribution in [0.25, 0.3) is 11.4 Å². The quantitative estimate of drug-likeness (QED) is 0.926. The van der Waals surface area contributed by atoms with Crippen molar-refractivity contribution in [2.75, 3.05) is 24.7 Å². The van der Waals surface area contributed by atoms with E-state index in [0.29, 0.717) is 18.9 Å². The van der Waals surface area contributed by atoms with Crippen LogP contribution in [-0.2, 0) is 10.0 Å². The van der Waals surface area contributed by atoms with Gasteiger partial charge in [0.15, 0.2) is 5.82 Å². The molecule has 0 bridgehead atoms. The van der Waals surface area contributed by atoms with Gasteiger partial charge in [-0.3, -0.25) is 0 Å². The van der Waals surface area contributed by atoms with Crippen LogP contribution in [0.5, 0.6) is 0 Å². The molecule has 3 rings (SSSR count). The second-order valence-corrected chi connectivity index (χ2v) is 7.69. The minimum atomic E-state index is -3.08. The molecule has 1 aromatic carbocycles. The summed E-state index contributed by atoms with van der Waals surface area (Å²) >= 11 is 0. The molecule has 1 N–H and O–H groups in total. The number of nitrogens with one attached hydrogen (secondary N) is 1. The SMILES string of the molecule is CS(=O)(=O)N1CCC(Nc2ccnc(-c3ccccc3)n2)CC1. The lowest BCUT2D eigenvalue weighted by Crippen LogP contribution is -2.41. The number of sulfonamides is 1. The summed E-state index contributed by atoms with van der Waals surface area (Å²) in [4.78, 5) is 8.86. The van der Waals surface area contributed by atoms with Crippen molar-refractivity contribution in [2.24, 2.45) is 0 Å². The predicted octanol–water partition coefficient (Wildman–Crippen LogP) is 1.98. The van der Waals surface area contributed by atoms with Crippen LogP contribution in [0.3, 0.4) is 0 Å². The number of aromatic nitrogens is 2. The van der Waals surface area contributed by atoms with E-state index in [1.165, 1.54) is 10.6 Å². The molecule has 1 saturated heterocycles. The Labute approximate surface area is 136 Å². The van der Waals surface area contributed by atoms with Gasteiger partial charge in [0.05, 0.1) is 6.26 Å². The van der Waals surface area contributed by atoms with Gasteiger partial charge in [0.1, 0.15) is 5.82 Å². The zero-order chi connectivity index (χ0) is 16.3. The van der Waals surface area contributed by atoms with Crippen LogP contribution in [0.2, 0.25) is 0 Å². The van der Waals surface area contributed by atoms with E-state index in [1.54, 1.807) is 6.20 Å². The van der Waals surface area contributed by atoms with Crippen LogP contribution in [0.1, 0.15) is 12.8 Å². The van der Waals surface area contributed by atoms with Gasteiger partial charge in [-0.25, -0.2) is 22.7 Å². The lowest BCUT2D eigenvalue weighted by atomic mass is 10.1. The van der Waals surface area contributed by atoms with Gasteiger partial charge in [-0.2, -0.15) is 0 Å². The number of rotatable bonds is 4. The van der Waals surface area contributed by atoms with E-state index in [2.05, 4.69) is 15.3 Å². The first-order chi connectivity index (χ1) is 11.0. The average molecular weight is 332 g/mol. The molecule has 0 aliphatic carbocycles. The summed E-state index contributed by atoms with van der Waals surface area (Å²) in [5.74, 6) is 1.46. The zero-order valence-corrected chi connectivity index (χ0v) is 13.8. The first-order valence-electron chi connectivity index (χ1n) is 7.62. The van der Waals surface area contributed by atoms with Crippen LogP contribution in [-0.4, -0.2) is 48.1 Å². The van der Waals surface area contributed by atoms with E-state index in [0.717, 1.165) is 24.2 Å². The highest BCUT2D eigenvalue weighted by Crippen LogP contribution is 2.19. The van der Waals surface area contributed by atoms with Gasteiger partial charge in [-0.05, 0) is 18.9 Å². The largest absolute Gasteiger partial charge is 0.367 e. The van der Waals surface area contributed by atoms with E-state index < -0.39 is 10.0 Å². The molecule has 1 fully saturated rings. The first-order valence-corrected chi connectivity index (χ1v) is 9.47. The van der Waals surface area contributed by atoms with E-state index >= 15 is 0 Å². The molecule has 1 aliphatic heterocycles. The molecule has 0 unspecified atom stereocenters. The fourth-order valence-corrected chi connectivity index (χ4v) is 3.58. The molecule has 0 amide bonds. The van der Waals surface area contributed by atoms with Crippen molar-refractivity contribution in [2.45, 2.75) is 18.9 Å². The highest BCUT2D eigenvalue weighted by molar-refractivity contribution is 7.88. The molecule has 1 aliphatic rings. The van der Waals surface area contributed by atoms with Gasteiger partial charge in [-0.1, -0.05) is 30.3 Å². The highest BCUT2D eigenvalue weighted by atomic mass is 32.2. The Balaban J connectivity index is 1.66. The molecule has 0 radical (unpaired) electrons. The molecular weight excluding hydrogens is 312 g/mol. The number of anilines is 1. The van der Waals surface area contributed by atoms with E-state index in [-0.39, 0.29) is 6.04 Å².